The van der Waals surface area contributed by atoms with Crippen molar-refractivity contribution >= 4 is 49.8 Å². The summed E-state index contributed by atoms with van der Waals surface area (Å²) in [6.07, 6.45) is 0. The molecule has 54 heavy (non-hydrogen) atoms. The lowest BCUT2D eigenvalue weighted by molar-refractivity contribution is 0.670. The van der Waals surface area contributed by atoms with Crippen molar-refractivity contribution in [3.05, 3.63) is 212 Å². The van der Waals surface area contributed by atoms with Crippen molar-refractivity contribution in [3.63, 3.8) is 0 Å². The number of fused-ring (bicyclic) bond motifs is 4. The van der Waals surface area contributed by atoms with Crippen LogP contribution in [0.2, 0.25) is 0 Å². The van der Waals surface area contributed by atoms with Gasteiger partial charge < -0.3 is 9.32 Å². The van der Waals surface area contributed by atoms with E-state index >= 15 is 0 Å². The van der Waals surface area contributed by atoms with Gasteiger partial charge in [0, 0.05) is 27.7 Å². The van der Waals surface area contributed by atoms with Crippen molar-refractivity contribution in [1.82, 2.24) is 0 Å². The Morgan fingerprint density at radius 3 is 1.39 bits per heavy atom. The highest BCUT2D eigenvalue weighted by Crippen LogP contribution is 2.47. The minimum Gasteiger partial charge on any atom is -0.453 e. The Morgan fingerprint density at radius 2 is 0.796 bits per heavy atom. The van der Waals surface area contributed by atoms with Gasteiger partial charge in [0.1, 0.15) is 5.58 Å². The van der Waals surface area contributed by atoms with Gasteiger partial charge in [0.15, 0.2) is 5.58 Å². The molecule has 0 aliphatic heterocycles. The van der Waals surface area contributed by atoms with Crippen LogP contribution in [-0.4, -0.2) is 0 Å². The number of anilines is 3. The largest absolute Gasteiger partial charge is 0.453 e. The fourth-order valence-corrected chi connectivity index (χ4v) is 7.72. The Morgan fingerprint density at radius 1 is 0.296 bits per heavy atom. The Bertz CT molecular complexity index is 2810. The summed E-state index contributed by atoms with van der Waals surface area (Å²) in [5.41, 5.74) is 14.0. The average Bonchev–Trinajstić information content (AvgIpc) is 3.64. The van der Waals surface area contributed by atoms with Crippen LogP contribution in [0.25, 0.3) is 77.2 Å². The van der Waals surface area contributed by atoms with E-state index in [0.29, 0.717) is 0 Å². The number of benzene rings is 9. The van der Waals surface area contributed by atoms with E-state index < -0.39 is 0 Å². The van der Waals surface area contributed by atoms with E-state index in [0.717, 1.165) is 61.3 Å². The molecule has 9 aromatic carbocycles. The molecule has 0 N–H and O–H groups in total. The van der Waals surface area contributed by atoms with Crippen LogP contribution in [0.15, 0.2) is 217 Å². The molecule has 2 heteroatoms. The molecule has 0 saturated carbocycles. The summed E-state index contributed by atoms with van der Waals surface area (Å²) in [4.78, 5) is 2.34. The number of rotatable bonds is 7. The molecule has 254 valence electrons. The van der Waals surface area contributed by atoms with E-state index in [4.69, 9.17) is 4.42 Å². The Kier molecular flexibility index (Phi) is 7.85. The maximum Gasteiger partial charge on any atom is 0.159 e. The van der Waals surface area contributed by atoms with Gasteiger partial charge in [0.05, 0.1) is 5.69 Å². The minimum atomic E-state index is 0.845. The SMILES string of the molecule is c1ccc(-c2ccc(N(c3ccc(-c4ccccc4)cc3)c3cc(-c4ccccc4)cc4c3oc3c(-c5ccc6ccccc6c5)cccc34)cc2)cc1. The first-order chi connectivity index (χ1) is 26.8. The monoisotopic (exact) mass is 689 g/mol. The van der Waals surface area contributed by atoms with Gasteiger partial charge >= 0.3 is 0 Å². The zero-order valence-corrected chi connectivity index (χ0v) is 29.6. The van der Waals surface area contributed by atoms with Gasteiger partial charge in [-0.05, 0) is 92.2 Å². The van der Waals surface area contributed by atoms with Crippen LogP contribution in [-0.2, 0) is 0 Å². The second kappa shape index (κ2) is 13.4. The van der Waals surface area contributed by atoms with Crippen molar-refractivity contribution in [2.45, 2.75) is 0 Å². The third-order valence-corrected chi connectivity index (χ3v) is 10.5. The van der Waals surface area contributed by atoms with Crippen LogP contribution in [0, 0.1) is 0 Å². The number of hydrogen-bond acceptors (Lipinski definition) is 2. The lowest BCUT2D eigenvalue weighted by Gasteiger charge is -2.26. The number of nitrogens with zero attached hydrogens (tertiary/aromatic N) is 1. The highest BCUT2D eigenvalue weighted by Gasteiger charge is 2.23. The molecular weight excluding hydrogens is 655 g/mol. The smallest absolute Gasteiger partial charge is 0.159 e. The Labute approximate surface area is 314 Å². The summed E-state index contributed by atoms with van der Waals surface area (Å²) >= 11 is 0. The highest BCUT2D eigenvalue weighted by molar-refractivity contribution is 6.15. The second-order valence-electron chi connectivity index (χ2n) is 13.7. The topological polar surface area (TPSA) is 16.4 Å². The van der Waals surface area contributed by atoms with Crippen LogP contribution >= 0.6 is 0 Å². The first kappa shape index (κ1) is 31.6. The second-order valence-corrected chi connectivity index (χ2v) is 13.7. The third-order valence-electron chi connectivity index (χ3n) is 10.5. The number of furan rings is 1. The van der Waals surface area contributed by atoms with Crippen molar-refractivity contribution in [1.29, 1.82) is 0 Å². The van der Waals surface area contributed by atoms with Gasteiger partial charge in [-0.1, -0.05) is 170 Å². The standard InChI is InChI=1S/C52H35NO/c1-4-13-36(14-5-1)40-25-29-45(30-26-40)53(46-31-27-41(28-32-46)37-15-6-2-7-16-37)50-35-44(38-17-8-3-9-18-38)34-49-48-22-12-21-47(51(48)54-52(49)50)43-24-23-39-19-10-11-20-42(39)33-43/h1-35H. The predicted octanol–water partition coefficient (Wildman–Crippen LogP) is 14.9. The molecule has 1 aromatic heterocycles. The van der Waals surface area contributed by atoms with Gasteiger partial charge in [-0.3, -0.25) is 0 Å². The number of hydrogen-bond donors (Lipinski definition) is 0. The first-order valence-electron chi connectivity index (χ1n) is 18.4. The highest BCUT2D eigenvalue weighted by atomic mass is 16.3. The van der Waals surface area contributed by atoms with E-state index in [2.05, 4.69) is 217 Å². The molecule has 0 amide bonds. The molecule has 0 atom stereocenters. The summed E-state index contributed by atoms with van der Waals surface area (Å²) in [6.45, 7) is 0. The van der Waals surface area contributed by atoms with E-state index in [-0.39, 0.29) is 0 Å². The van der Waals surface area contributed by atoms with Gasteiger partial charge in [-0.15, -0.1) is 0 Å². The van der Waals surface area contributed by atoms with Gasteiger partial charge in [-0.25, -0.2) is 0 Å². The Hall–Kier alpha value is -7.16. The number of para-hydroxylation sites is 1. The summed E-state index contributed by atoms with van der Waals surface area (Å²) in [5.74, 6) is 0. The van der Waals surface area contributed by atoms with E-state index in [1.807, 2.05) is 0 Å². The first-order valence-corrected chi connectivity index (χ1v) is 18.4. The molecule has 0 spiro atoms. The van der Waals surface area contributed by atoms with Crippen LogP contribution < -0.4 is 4.90 Å². The maximum atomic E-state index is 7.14. The normalized spacial score (nSPS) is 11.3. The summed E-state index contributed by atoms with van der Waals surface area (Å²) in [7, 11) is 0. The Balaban J connectivity index is 1.22. The zero-order chi connectivity index (χ0) is 35.8. The fourth-order valence-electron chi connectivity index (χ4n) is 7.72. The van der Waals surface area contributed by atoms with Crippen molar-refractivity contribution in [2.24, 2.45) is 0 Å². The van der Waals surface area contributed by atoms with Crippen LogP contribution in [0.5, 0.6) is 0 Å². The average molecular weight is 690 g/mol. The van der Waals surface area contributed by atoms with E-state index in [1.165, 1.54) is 33.0 Å². The van der Waals surface area contributed by atoms with Crippen LogP contribution in [0.1, 0.15) is 0 Å². The molecule has 0 radical (unpaired) electrons. The van der Waals surface area contributed by atoms with Gasteiger partial charge in [-0.2, -0.15) is 0 Å². The molecule has 10 aromatic rings. The third kappa shape index (κ3) is 5.71. The van der Waals surface area contributed by atoms with E-state index in [9.17, 15) is 0 Å². The molecule has 0 saturated heterocycles. The molecule has 0 bridgehead atoms. The molecule has 2 nitrogen and oxygen atoms in total. The summed E-state index contributed by atoms with van der Waals surface area (Å²) in [6, 6.07) is 75.7. The van der Waals surface area contributed by atoms with Gasteiger partial charge in [0.25, 0.3) is 0 Å². The summed E-state index contributed by atoms with van der Waals surface area (Å²) in [5, 5.41) is 4.60. The maximum absolute atomic E-state index is 7.14. The molecule has 1 heterocycles. The van der Waals surface area contributed by atoms with Crippen molar-refractivity contribution < 1.29 is 4.42 Å². The minimum absolute atomic E-state index is 0.845. The molecule has 0 fully saturated rings. The lowest BCUT2D eigenvalue weighted by Crippen LogP contribution is -2.10. The van der Waals surface area contributed by atoms with Crippen molar-refractivity contribution in [3.8, 4) is 44.5 Å². The summed E-state index contributed by atoms with van der Waals surface area (Å²) < 4.78 is 7.14. The van der Waals surface area contributed by atoms with Crippen molar-refractivity contribution in [2.75, 3.05) is 4.90 Å². The molecule has 10 rings (SSSR count). The molecule has 0 aliphatic carbocycles. The van der Waals surface area contributed by atoms with Crippen LogP contribution in [0.4, 0.5) is 17.1 Å². The molecular formula is C52H35NO. The fraction of sp³-hybridized carbons (Fsp3) is 0. The zero-order valence-electron chi connectivity index (χ0n) is 29.6. The quantitative estimate of drug-likeness (QED) is 0.166. The molecule has 0 aliphatic rings. The lowest BCUT2D eigenvalue weighted by atomic mass is 9.97. The van der Waals surface area contributed by atoms with Crippen LogP contribution in [0.3, 0.4) is 0 Å². The molecule has 0 unspecified atom stereocenters. The predicted molar refractivity (Wildman–Crippen MR) is 228 cm³/mol. The van der Waals surface area contributed by atoms with Gasteiger partial charge in [0.2, 0.25) is 0 Å². The van der Waals surface area contributed by atoms with E-state index in [1.54, 1.807) is 0 Å².